The molecule has 1 aromatic heterocycles. The first-order valence-corrected chi connectivity index (χ1v) is 9.76. The van der Waals surface area contributed by atoms with Gasteiger partial charge in [-0.05, 0) is 42.8 Å². The number of para-hydroxylation sites is 1. The van der Waals surface area contributed by atoms with Crippen molar-refractivity contribution in [2.75, 3.05) is 12.4 Å². The molecule has 142 valence electrons. The molecule has 3 aromatic rings. The maximum atomic E-state index is 12.8. The molecule has 27 heavy (non-hydrogen) atoms. The molecule has 0 saturated heterocycles. The Hall–Kier alpha value is -2.25. The van der Waals surface area contributed by atoms with Gasteiger partial charge in [-0.2, -0.15) is 0 Å². The van der Waals surface area contributed by atoms with Crippen LogP contribution >= 0.6 is 23.4 Å². The van der Waals surface area contributed by atoms with Crippen molar-refractivity contribution in [3.8, 4) is 11.5 Å². The first-order valence-electron chi connectivity index (χ1n) is 8.40. The van der Waals surface area contributed by atoms with Gasteiger partial charge in [-0.1, -0.05) is 35.5 Å². The fraction of sp³-hybridized carbons (Fsp3) is 0.263. The van der Waals surface area contributed by atoms with Crippen LogP contribution in [0.2, 0.25) is 5.02 Å². The van der Waals surface area contributed by atoms with Crippen LogP contribution in [0.25, 0.3) is 0 Å². The summed E-state index contributed by atoms with van der Waals surface area (Å²) in [6, 6.07) is 13.3. The summed E-state index contributed by atoms with van der Waals surface area (Å²) in [4.78, 5) is 0. The zero-order chi connectivity index (χ0) is 19.1. The van der Waals surface area contributed by atoms with Crippen LogP contribution in [0.4, 0.5) is 4.39 Å². The van der Waals surface area contributed by atoms with Crippen molar-refractivity contribution < 1.29 is 13.9 Å². The van der Waals surface area contributed by atoms with E-state index in [1.807, 2.05) is 29.8 Å². The van der Waals surface area contributed by atoms with E-state index in [-0.39, 0.29) is 5.82 Å². The maximum Gasteiger partial charge on any atom is 0.191 e. The summed E-state index contributed by atoms with van der Waals surface area (Å²) in [6.07, 6.45) is 0.834. The lowest BCUT2D eigenvalue weighted by Crippen LogP contribution is -2.05. The lowest BCUT2D eigenvalue weighted by atomic mass is 10.3. The largest absolute Gasteiger partial charge is 0.494 e. The van der Waals surface area contributed by atoms with Gasteiger partial charge in [-0.15, -0.1) is 10.2 Å². The normalized spacial score (nSPS) is 10.8. The second-order valence-electron chi connectivity index (χ2n) is 5.68. The van der Waals surface area contributed by atoms with Gasteiger partial charge in [-0.25, -0.2) is 4.39 Å². The second-order valence-corrected chi connectivity index (χ2v) is 7.15. The van der Waals surface area contributed by atoms with Crippen molar-refractivity contribution in [2.24, 2.45) is 7.05 Å². The molecule has 2 aromatic carbocycles. The monoisotopic (exact) mass is 407 g/mol. The third-order valence-corrected chi connectivity index (χ3v) is 5.14. The van der Waals surface area contributed by atoms with Gasteiger partial charge in [-0.3, -0.25) is 0 Å². The molecular weight excluding hydrogens is 389 g/mol. The van der Waals surface area contributed by atoms with Gasteiger partial charge in [0.05, 0.1) is 11.6 Å². The molecule has 0 aliphatic heterocycles. The fourth-order valence-corrected chi connectivity index (χ4v) is 3.28. The predicted octanol–water partition coefficient (Wildman–Crippen LogP) is 4.75. The Labute approximate surface area is 166 Å². The van der Waals surface area contributed by atoms with Crippen molar-refractivity contribution in [3.63, 3.8) is 0 Å². The van der Waals surface area contributed by atoms with Crippen LogP contribution in [0.5, 0.6) is 11.5 Å². The first kappa shape index (κ1) is 19.5. The molecule has 0 fully saturated rings. The molecule has 0 N–H and O–H groups in total. The molecule has 0 atom stereocenters. The predicted molar refractivity (Wildman–Crippen MR) is 104 cm³/mol. The number of rotatable bonds is 9. The Bertz CT molecular complexity index is 874. The number of ether oxygens (including phenoxy) is 2. The van der Waals surface area contributed by atoms with Crippen molar-refractivity contribution in [1.82, 2.24) is 14.8 Å². The minimum Gasteiger partial charge on any atom is -0.494 e. The van der Waals surface area contributed by atoms with E-state index in [0.717, 1.165) is 23.2 Å². The molecule has 5 nitrogen and oxygen atoms in total. The molecule has 0 radical (unpaired) electrons. The highest BCUT2D eigenvalue weighted by Crippen LogP contribution is 2.24. The Balaban J connectivity index is 1.42. The molecule has 0 unspecified atom stereocenters. The lowest BCUT2D eigenvalue weighted by Gasteiger charge is -2.08. The standard InChI is InChI=1S/C19H19ClFN3O2S/c1-24-18(13-26-17-6-3-2-5-16(17)20)22-23-19(24)27-12-4-11-25-15-9-7-14(21)8-10-15/h2-3,5-10H,4,11-13H2,1H3. The molecule has 0 bridgehead atoms. The van der Waals surface area contributed by atoms with Crippen molar-refractivity contribution in [2.45, 2.75) is 18.2 Å². The summed E-state index contributed by atoms with van der Waals surface area (Å²) in [5.41, 5.74) is 0. The summed E-state index contributed by atoms with van der Waals surface area (Å²) in [7, 11) is 1.91. The van der Waals surface area contributed by atoms with E-state index >= 15 is 0 Å². The Morgan fingerprint density at radius 2 is 1.85 bits per heavy atom. The van der Waals surface area contributed by atoms with Crippen molar-refractivity contribution in [3.05, 3.63) is 65.2 Å². The molecule has 0 amide bonds. The third-order valence-electron chi connectivity index (χ3n) is 3.72. The van der Waals surface area contributed by atoms with E-state index in [1.54, 1.807) is 30.0 Å². The van der Waals surface area contributed by atoms with E-state index in [1.165, 1.54) is 12.1 Å². The Kier molecular flexibility index (Phi) is 6.95. The number of hydrogen-bond donors (Lipinski definition) is 0. The number of aromatic nitrogens is 3. The van der Waals surface area contributed by atoms with Crippen LogP contribution in [0.15, 0.2) is 53.7 Å². The summed E-state index contributed by atoms with van der Waals surface area (Å²) in [5.74, 6) is 2.57. The molecular formula is C19H19ClFN3O2S. The van der Waals surface area contributed by atoms with E-state index in [0.29, 0.717) is 29.7 Å². The topological polar surface area (TPSA) is 49.2 Å². The minimum absolute atomic E-state index is 0.269. The van der Waals surface area contributed by atoms with E-state index in [4.69, 9.17) is 21.1 Å². The van der Waals surface area contributed by atoms with Gasteiger partial charge in [0.1, 0.15) is 23.9 Å². The zero-order valence-electron chi connectivity index (χ0n) is 14.8. The number of halogens is 2. The average Bonchev–Trinajstić information content (AvgIpc) is 3.02. The number of benzene rings is 2. The second kappa shape index (κ2) is 9.62. The minimum atomic E-state index is -0.269. The van der Waals surface area contributed by atoms with Gasteiger partial charge in [0, 0.05) is 12.8 Å². The van der Waals surface area contributed by atoms with Gasteiger partial charge in [0.25, 0.3) is 0 Å². The van der Waals surface area contributed by atoms with E-state index in [9.17, 15) is 4.39 Å². The van der Waals surface area contributed by atoms with Gasteiger partial charge in [0.2, 0.25) is 0 Å². The smallest absolute Gasteiger partial charge is 0.191 e. The van der Waals surface area contributed by atoms with Crippen LogP contribution in [0.1, 0.15) is 12.2 Å². The molecule has 0 saturated carbocycles. The van der Waals surface area contributed by atoms with Crippen LogP contribution in [0, 0.1) is 5.82 Å². The summed E-state index contributed by atoms with van der Waals surface area (Å²) in [6.45, 7) is 0.848. The third kappa shape index (κ3) is 5.61. The van der Waals surface area contributed by atoms with Crippen molar-refractivity contribution in [1.29, 1.82) is 0 Å². The molecule has 0 aliphatic rings. The number of hydrogen-bond acceptors (Lipinski definition) is 5. The van der Waals surface area contributed by atoms with Crippen molar-refractivity contribution >= 4 is 23.4 Å². The quantitative estimate of drug-likeness (QED) is 0.378. The van der Waals surface area contributed by atoms with E-state index in [2.05, 4.69) is 10.2 Å². The number of nitrogens with zero attached hydrogens (tertiary/aromatic N) is 3. The zero-order valence-corrected chi connectivity index (χ0v) is 16.3. The average molecular weight is 408 g/mol. The first-order chi connectivity index (χ1) is 13.1. The maximum absolute atomic E-state index is 12.8. The summed E-state index contributed by atoms with van der Waals surface area (Å²) < 4.78 is 26.0. The Morgan fingerprint density at radius 1 is 1.07 bits per heavy atom. The highest BCUT2D eigenvalue weighted by molar-refractivity contribution is 7.99. The molecule has 1 heterocycles. The highest BCUT2D eigenvalue weighted by Gasteiger charge is 2.10. The van der Waals surface area contributed by atoms with Gasteiger partial charge < -0.3 is 14.0 Å². The van der Waals surface area contributed by atoms with E-state index < -0.39 is 0 Å². The van der Waals surface area contributed by atoms with Gasteiger partial charge in [0.15, 0.2) is 11.0 Å². The number of thioether (sulfide) groups is 1. The Morgan fingerprint density at radius 3 is 2.63 bits per heavy atom. The molecule has 0 spiro atoms. The highest BCUT2D eigenvalue weighted by atomic mass is 35.5. The lowest BCUT2D eigenvalue weighted by molar-refractivity contribution is 0.290. The van der Waals surface area contributed by atoms with Gasteiger partial charge >= 0.3 is 0 Å². The fourth-order valence-electron chi connectivity index (χ4n) is 2.24. The summed E-state index contributed by atoms with van der Waals surface area (Å²) in [5, 5.41) is 9.75. The van der Waals surface area contributed by atoms with Crippen LogP contribution in [-0.4, -0.2) is 27.1 Å². The molecule has 0 aliphatic carbocycles. The van der Waals surface area contributed by atoms with Crippen LogP contribution < -0.4 is 9.47 Å². The summed E-state index contributed by atoms with van der Waals surface area (Å²) >= 11 is 7.68. The molecule has 8 heteroatoms. The van der Waals surface area contributed by atoms with Crippen LogP contribution in [-0.2, 0) is 13.7 Å². The van der Waals surface area contributed by atoms with Crippen LogP contribution in [0.3, 0.4) is 0 Å². The SMILES string of the molecule is Cn1c(COc2ccccc2Cl)nnc1SCCCOc1ccc(F)cc1. The molecule has 3 rings (SSSR count).